The third kappa shape index (κ3) is 8.79. The number of furan rings is 1. The molecule has 0 saturated carbocycles. The van der Waals surface area contributed by atoms with E-state index in [1.165, 1.54) is 11.0 Å². The highest BCUT2D eigenvalue weighted by Gasteiger charge is 2.51. The van der Waals surface area contributed by atoms with Gasteiger partial charge in [0.1, 0.15) is 5.76 Å². The molecule has 5 aromatic rings. The average Bonchev–Trinajstić information content (AvgIpc) is 3.65. The highest BCUT2D eigenvalue weighted by atomic mass is 79.9. The first-order chi connectivity index (χ1) is 24.4. The van der Waals surface area contributed by atoms with Crippen molar-refractivity contribution in [3.8, 4) is 0 Å². The number of aliphatic carboxylic acids is 1. The topological polar surface area (TPSA) is 89.2 Å². The van der Waals surface area contributed by atoms with Gasteiger partial charge < -0.3 is 23.7 Å². The Balaban J connectivity index is 0.000000370. The van der Waals surface area contributed by atoms with Crippen molar-refractivity contribution in [2.24, 2.45) is 0 Å². The number of hydrogen-bond donors (Lipinski definition) is 1. The Bertz CT molecular complexity index is 2040. The van der Waals surface area contributed by atoms with Gasteiger partial charge in [0, 0.05) is 11.0 Å². The van der Waals surface area contributed by atoms with Crippen molar-refractivity contribution in [3.63, 3.8) is 0 Å². The van der Waals surface area contributed by atoms with Gasteiger partial charge in [0.25, 0.3) is 5.91 Å². The van der Waals surface area contributed by atoms with E-state index >= 15 is 0 Å². The van der Waals surface area contributed by atoms with Gasteiger partial charge in [-0.3, -0.25) is 9.59 Å². The summed E-state index contributed by atoms with van der Waals surface area (Å²) in [5.41, 5.74) is 2.79. The zero-order chi connectivity index (χ0) is 38.0. The zero-order valence-corrected chi connectivity index (χ0v) is 31.3. The van der Waals surface area contributed by atoms with Crippen molar-refractivity contribution in [3.05, 3.63) is 135 Å². The summed E-state index contributed by atoms with van der Waals surface area (Å²) < 4.78 is 57.9. The minimum atomic E-state index is -4.61. The maximum atomic E-state index is 14.0. The van der Waals surface area contributed by atoms with Crippen molar-refractivity contribution >= 4 is 51.2 Å². The third-order valence-corrected chi connectivity index (χ3v) is 10.0. The fourth-order valence-electron chi connectivity index (χ4n) is 5.72. The SMILES string of the molecule is C[C@H](C(=O)O)c1cccc(Br)c1.Cc1ccc2ccccc2c1C(=O)N(Cc1ccc(B2OC(C)(C)C(C)(C)O2)cc1)Cc1ccc(C(F)(F)F)o1. The largest absolute Gasteiger partial charge is 0.494 e. The first-order valence-electron chi connectivity index (χ1n) is 16.7. The number of aryl methyl sites for hydroxylation is 1. The van der Waals surface area contributed by atoms with Gasteiger partial charge in [-0.1, -0.05) is 88.7 Å². The van der Waals surface area contributed by atoms with Crippen LogP contribution in [0.4, 0.5) is 13.2 Å². The molecule has 2 heterocycles. The monoisotopic (exact) mass is 777 g/mol. The van der Waals surface area contributed by atoms with Crippen LogP contribution in [0.2, 0.25) is 0 Å². The minimum absolute atomic E-state index is 0.0485. The first kappa shape index (κ1) is 38.8. The number of halogens is 4. The number of carbonyl (C=O) groups is 2. The van der Waals surface area contributed by atoms with Gasteiger partial charge in [-0.25, -0.2) is 0 Å². The van der Waals surface area contributed by atoms with Crippen LogP contribution >= 0.6 is 15.9 Å². The van der Waals surface area contributed by atoms with Crippen molar-refractivity contribution < 1.29 is 41.6 Å². The molecular formula is C40H40BBrF3NO6. The van der Waals surface area contributed by atoms with Gasteiger partial charge in [-0.15, -0.1) is 0 Å². The number of carboxylic acids is 1. The first-order valence-corrected chi connectivity index (χ1v) is 17.5. The molecule has 1 aromatic heterocycles. The number of carbonyl (C=O) groups excluding carboxylic acids is 1. The fraction of sp³-hybridized carbons (Fsp3) is 0.300. The van der Waals surface area contributed by atoms with Crippen LogP contribution < -0.4 is 5.46 Å². The molecule has 7 nitrogen and oxygen atoms in total. The lowest BCUT2D eigenvalue weighted by atomic mass is 9.79. The molecule has 12 heteroatoms. The Morgan fingerprint density at radius 1 is 0.865 bits per heavy atom. The number of amides is 1. The Morgan fingerprint density at radius 3 is 2.12 bits per heavy atom. The summed E-state index contributed by atoms with van der Waals surface area (Å²) in [7, 11) is -0.529. The summed E-state index contributed by atoms with van der Waals surface area (Å²) in [5, 5.41) is 10.4. The summed E-state index contributed by atoms with van der Waals surface area (Å²) >= 11 is 3.29. The molecule has 4 aromatic carbocycles. The van der Waals surface area contributed by atoms with E-state index < -0.39 is 42.1 Å². The summed E-state index contributed by atoms with van der Waals surface area (Å²) in [6.45, 7) is 11.5. The van der Waals surface area contributed by atoms with E-state index in [2.05, 4.69) is 15.9 Å². The average molecular weight is 778 g/mol. The van der Waals surface area contributed by atoms with Crippen molar-refractivity contribution in [2.45, 2.75) is 77.9 Å². The summed E-state index contributed by atoms with van der Waals surface area (Å²) in [6, 6.07) is 28.4. The summed E-state index contributed by atoms with van der Waals surface area (Å²) in [5.74, 6) is -2.58. The fourth-order valence-corrected chi connectivity index (χ4v) is 6.14. The quantitative estimate of drug-likeness (QED) is 0.158. The molecule has 0 aliphatic carbocycles. The molecule has 0 spiro atoms. The Hall–Kier alpha value is -4.39. The van der Waals surface area contributed by atoms with Gasteiger partial charge in [-0.2, -0.15) is 13.2 Å². The minimum Gasteiger partial charge on any atom is -0.481 e. The van der Waals surface area contributed by atoms with Crippen LogP contribution in [0.15, 0.2) is 106 Å². The highest BCUT2D eigenvalue weighted by Crippen LogP contribution is 2.37. The number of rotatable bonds is 8. The molecule has 272 valence electrons. The van der Waals surface area contributed by atoms with Crippen LogP contribution in [0.5, 0.6) is 0 Å². The normalized spacial score (nSPS) is 15.5. The second-order valence-corrected chi connectivity index (χ2v) is 14.8. The van der Waals surface area contributed by atoms with Gasteiger partial charge in [0.05, 0.1) is 29.2 Å². The number of hydrogen-bond acceptors (Lipinski definition) is 5. The van der Waals surface area contributed by atoms with Gasteiger partial charge >= 0.3 is 19.3 Å². The third-order valence-electron chi connectivity index (χ3n) is 9.52. The van der Waals surface area contributed by atoms with Crippen molar-refractivity contribution in [1.29, 1.82) is 0 Å². The number of carboxylic acid groups (broad SMARTS) is 1. The molecule has 1 atom stereocenters. The van der Waals surface area contributed by atoms with E-state index in [9.17, 15) is 22.8 Å². The molecule has 6 rings (SSSR count). The zero-order valence-electron chi connectivity index (χ0n) is 29.8. The Labute approximate surface area is 310 Å². The number of benzene rings is 4. The lowest BCUT2D eigenvalue weighted by Crippen LogP contribution is -2.41. The van der Waals surface area contributed by atoms with E-state index in [1.807, 2.05) is 120 Å². The van der Waals surface area contributed by atoms with Gasteiger partial charge in [0.15, 0.2) is 0 Å². The van der Waals surface area contributed by atoms with E-state index in [0.717, 1.165) is 43.5 Å². The van der Waals surface area contributed by atoms with Crippen LogP contribution in [0, 0.1) is 6.92 Å². The molecule has 0 bridgehead atoms. The molecule has 0 radical (unpaired) electrons. The second kappa shape index (κ2) is 15.3. The van der Waals surface area contributed by atoms with E-state index in [4.69, 9.17) is 18.8 Å². The van der Waals surface area contributed by atoms with E-state index in [1.54, 1.807) is 6.92 Å². The molecular weight excluding hydrogens is 738 g/mol. The highest BCUT2D eigenvalue weighted by molar-refractivity contribution is 9.10. The van der Waals surface area contributed by atoms with Crippen molar-refractivity contribution in [1.82, 2.24) is 4.90 Å². The van der Waals surface area contributed by atoms with Crippen molar-refractivity contribution in [2.75, 3.05) is 0 Å². The van der Waals surface area contributed by atoms with Crippen LogP contribution in [0.1, 0.15) is 79.1 Å². The smallest absolute Gasteiger partial charge is 0.481 e. The summed E-state index contributed by atoms with van der Waals surface area (Å²) in [6.07, 6.45) is -4.61. The molecule has 1 aliphatic heterocycles. The molecule has 0 unspecified atom stereocenters. The van der Waals surface area contributed by atoms with Crippen LogP contribution in [-0.4, -0.2) is 40.2 Å². The molecule has 1 amide bonds. The molecule has 1 aliphatic rings. The predicted molar refractivity (Wildman–Crippen MR) is 198 cm³/mol. The Morgan fingerprint density at radius 2 is 1.52 bits per heavy atom. The lowest BCUT2D eigenvalue weighted by molar-refractivity contribution is -0.153. The second-order valence-electron chi connectivity index (χ2n) is 13.8. The number of alkyl halides is 3. The lowest BCUT2D eigenvalue weighted by Gasteiger charge is -2.32. The molecule has 52 heavy (non-hydrogen) atoms. The molecule has 1 fully saturated rings. The predicted octanol–water partition coefficient (Wildman–Crippen LogP) is 9.54. The number of nitrogens with zero attached hydrogens (tertiary/aromatic N) is 1. The van der Waals surface area contributed by atoms with E-state index in [0.29, 0.717) is 5.56 Å². The van der Waals surface area contributed by atoms with Crippen LogP contribution in [-0.2, 0) is 33.4 Å². The standard InChI is InChI=1S/C31H31BF3NO4.C9H9BrO2/c1-20-10-13-22-8-6-7-9-25(22)27(20)28(37)36(19-24-16-17-26(38-24)31(33,34)35)18-21-11-14-23(15-12-21)32-39-29(2,3)30(4,5)40-32;1-6(9(11)12)7-3-2-4-8(10)5-7/h6-17H,18-19H2,1-5H3;2-6H,1H3,(H,11,12)/t;6-/m.0/s1. The maximum absolute atomic E-state index is 14.0. The maximum Gasteiger partial charge on any atom is 0.494 e. The molecule has 1 N–H and O–H groups in total. The Kier molecular flexibility index (Phi) is 11.4. The van der Waals surface area contributed by atoms with E-state index in [-0.39, 0.29) is 24.8 Å². The van der Waals surface area contributed by atoms with Gasteiger partial charge in [0.2, 0.25) is 5.76 Å². The number of fused-ring (bicyclic) bond motifs is 1. The van der Waals surface area contributed by atoms with Gasteiger partial charge in [-0.05, 0) is 98.7 Å². The van der Waals surface area contributed by atoms with Crippen LogP contribution in [0.25, 0.3) is 10.8 Å². The summed E-state index contributed by atoms with van der Waals surface area (Å²) in [4.78, 5) is 26.1. The molecule has 1 saturated heterocycles. The van der Waals surface area contributed by atoms with Crippen LogP contribution in [0.3, 0.4) is 0 Å².